The van der Waals surface area contributed by atoms with E-state index in [1.54, 1.807) is 12.3 Å². The summed E-state index contributed by atoms with van der Waals surface area (Å²) in [5.41, 5.74) is 0. The molecule has 1 N–H and O–H groups in total. The average Bonchev–Trinajstić information content (AvgIpc) is 1.83. The Labute approximate surface area is 52.1 Å². The Morgan fingerprint density at radius 1 is 2.00 bits per heavy atom. The molecule has 0 aliphatic heterocycles. The molecule has 0 heterocycles. The molecule has 0 saturated carbocycles. The molecule has 0 radical (unpaired) electrons. The summed E-state index contributed by atoms with van der Waals surface area (Å²) in [4.78, 5) is 10.3. The molecule has 3 nitrogen and oxygen atoms in total. The molecule has 44 valence electrons. The molecule has 4 heteroatoms. The van der Waals surface area contributed by atoms with Crippen molar-refractivity contribution in [3.8, 4) is 6.07 Å². The van der Waals surface area contributed by atoms with Crippen LogP contribution in [0.5, 0.6) is 0 Å². The van der Waals surface area contributed by atoms with E-state index in [4.69, 9.17) is 5.26 Å². The maximum absolute atomic E-state index is 10.3. The largest absolute Gasteiger partial charge is 0.334 e. The van der Waals surface area contributed by atoms with Gasteiger partial charge >= 0.3 is 0 Å². The van der Waals surface area contributed by atoms with Crippen LogP contribution in [0.25, 0.3) is 0 Å². The topological polar surface area (TPSA) is 52.9 Å². The van der Waals surface area contributed by atoms with Gasteiger partial charge in [0.05, 0.1) is 6.07 Å². The van der Waals surface area contributed by atoms with Crippen molar-refractivity contribution in [3.05, 3.63) is 0 Å². The lowest BCUT2D eigenvalue weighted by molar-refractivity contribution is 0.261. The third-order valence-corrected chi connectivity index (χ3v) is 1.01. The lowest BCUT2D eigenvalue weighted by Gasteiger charge is -1.91. The summed E-state index contributed by atoms with van der Waals surface area (Å²) in [6.07, 6.45) is 1.66. The summed E-state index contributed by atoms with van der Waals surface area (Å²) in [5.74, 6) is 0. The monoisotopic (exact) mass is 130 g/mol. The summed E-state index contributed by atoms with van der Waals surface area (Å²) in [7, 11) is 0. The molecular formula is C4H6N2OS. The van der Waals surface area contributed by atoms with Gasteiger partial charge in [0.15, 0.2) is 0 Å². The Bertz CT molecular complexity index is 118. The van der Waals surface area contributed by atoms with Crippen LogP contribution in [0.1, 0.15) is 0 Å². The minimum absolute atomic E-state index is 0.0969. The SMILES string of the molecule is CSC(=O)NCC#N. The Hall–Kier alpha value is -0.690. The molecule has 8 heavy (non-hydrogen) atoms. The van der Waals surface area contributed by atoms with E-state index < -0.39 is 0 Å². The number of hydrogen-bond donors (Lipinski definition) is 1. The maximum Gasteiger partial charge on any atom is 0.279 e. The lowest BCUT2D eigenvalue weighted by atomic mass is 10.7. The number of carbonyl (C=O) groups is 1. The molecule has 0 aliphatic rings. The van der Waals surface area contributed by atoms with Gasteiger partial charge in [-0.3, -0.25) is 4.79 Å². The smallest absolute Gasteiger partial charge is 0.279 e. The van der Waals surface area contributed by atoms with Crippen LogP contribution in [0, 0.1) is 11.3 Å². The summed E-state index contributed by atoms with van der Waals surface area (Å²) in [5, 5.41) is 10.1. The van der Waals surface area contributed by atoms with E-state index in [0.29, 0.717) is 0 Å². The summed E-state index contributed by atoms with van der Waals surface area (Å²) >= 11 is 1.06. The normalized spacial score (nSPS) is 7.50. The number of carbonyl (C=O) groups excluding carboxylic acids is 1. The van der Waals surface area contributed by atoms with Gasteiger partial charge in [0.25, 0.3) is 5.24 Å². The number of nitrogens with one attached hydrogen (secondary N) is 1. The molecule has 0 atom stereocenters. The Morgan fingerprint density at radius 3 is 3.00 bits per heavy atom. The fourth-order valence-electron chi connectivity index (χ4n) is 0.184. The highest BCUT2D eigenvalue weighted by molar-refractivity contribution is 8.12. The van der Waals surface area contributed by atoms with Crippen molar-refractivity contribution in [2.75, 3.05) is 12.8 Å². The van der Waals surface area contributed by atoms with Gasteiger partial charge in [-0.25, -0.2) is 0 Å². The van der Waals surface area contributed by atoms with Crippen LogP contribution >= 0.6 is 11.8 Å². The van der Waals surface area contributed by atoms with Crippen LogP contribution in [0.15, 0.2) is 0 Å². The van der Waals surface area contributed by atoms with Gasteiger partial charge < -0.3 is 5.32 Å². The lowest BCUT2D eigenvalue weighted by Crippen LogP contribution is -2.17. The molecule has 0 spiro atoms. The summed E-state index contributed by atoms with van der Waals surface area (Å²) in [6, 6.07) is 1.79. The van der Waals surface area contributed by atoms with Crippen LogP contribution < -0.4 is 5.32 Å². The molecule has 0 aromatic rings. The Morgan fingerprint density at radius 2 is 2.62 bits per heavy atom. The van der Waals surface area contributed by atoms with Crippen molar-refractivity contribution in [1.82, 2.24) is 5.32 Å². The van der Waals surface area contributed by atoms with Gasteiger partial charge in [-0.1, -0.05) is 11.8 Å². The standard InChI is InChI=1S/C4H6N2OS/c1-8-4(7)6-3-2-5/h3H2,1H3,(H,6,7). The van der Waals surface area contributed by atoms with Gasteiger partial charge in [0.1, 0.15) is 6.54 Å². The maximum atomic E-state index is 10.3. The zero-order valence-electron chi connectivity index (χ0n) is 4.47. The highest BCUT2D eigenvalue weighted by Gasteiger charge is 1.91. The van der Waals surface area contributed by atoms with E-state index in [2.05, 4.69) is 5.32 Å². The van der Waals surface area contributed by atoms with Crippen molar-refractivity contribution in [2.45, 2.75) is 0 Å². The van der Waals surface area contributed by atoms with E-state index in [9.17, 15) is 4.79 Å². The fourth-order valence-corrected chi connectivity index (χ4v) is 0.400. The molecular weight excluding hydrogens is 124 g/mol. The van der Waals surface area contributed by atoms with Crippen LogP contribution in [0.2, 0.25) is 0 Å². The van der Waals surface area contributed by atoms with Gasteiger partial charge in [-0.15, -0.1) is 0 Å². The van der Waals surface area contributed by atoms with Crippen LogP contribution in [0.3, 0.4) is 0 Å². The van der Waals surface area contributed by atoms with Crippen molar-refractivity contribution >= 4 is 17.0 Å². The van der Waals surface area contributed by atoms with Crippen molar-refractivity contribution in [3.63, 3.8) is 0 Å². The predicted octanol–water partition coefficient (Wildman–Crippen LogP) is 0.583. The van der Waals surface area contributed by atoms with E-state index >= 15 is 0 Å². The Kier molecular flexibility index (Phi) is 4.08. The zero-order chi connectivity index (χ0) is 6.41. The van der Waals surface area contributed by atoms with E-state index in [1.165, 1.54) is 0 Å². The number of amides is 1. The molecule has 1 amide bonds. The first-order valence-corrected chi connectivity index (χ1v) is 3.22. The molecule has 0 aliphatic carbocycles. The van der Waals surface area contributed by atoms with E-state index in [1.807, 2.05) is 0 Å². The summed E-state index contributed by atoms with van der Waals surface area (Å²) in [6.45, 7) is 0.0969. The number of thioether (sulfide) groups is 1. The number of nitrogens with zero attached hydrogens (tertiary/aromatic N) is 1. The van der Waals surface area contributed by atoms with Crippen LogP contribution in [-0.2, 0) is 0 Å². The second kappa shape index (κ2) is 4.47. The molecule has 0 unspecified atom stereocenters. The third kappa shape index (κ3) is 3.50. The molecule has 0 aromatic carbocycles. The molecule has 0 aromatic heterocycles. The predicted molar refractivity (Wildman–Crippen MR) is 32.5 cm³/mol. The fraction of sp³-hybridized carbons (Fsp3) is 0.500. The average molecular weight is 130 g/mol. The van der Waals surface area contributed by atoms with E-state index in [-0.39, 0.29) is 11.8 Å². The van der Waals surface area contributed by atoms with E-state index in [0.717, 1.165) is 11.8 Å². The first kappa shape index (κ1) is 7.31. The minimum atomic E-state index is -0.161. The van der Waals surface area contributed by atoms with Gasteiger partial charge in [-0.05, 0) is 6.26 Å². The number of rotatable bonds is 1. The number of hydrogen-bond acceptors (Lipinski definition) is 3. The first-order valence-electron chi connectivity index (χ1n) is 2.00. The van der Waals surface area contributed by atoms with Gasteiger partial charge in [-0.2, -0.15) is 5.26 Å². The van der Waals surface area contributed by atoms with Crippen LogP contribution in [0.4, 0.5) is 4.79 Å². The Balaban J connectivity index is 3.15. The van der Waals surface area contributed by atoms with Gasteiger partial charge in [0, 0.05) is 0 Å². The van der Waals surface area contributed by atoms with Crippen molar-refractivity contribution < 1.29 is 4.79 Å². The highest BCUT2D eigenvalue weighted by Crippen LogP contribution is 1.90. The molecule has 0 fully saturated rings. The second-order valence-electron chi connectivity index (χ2n) is 1.00. The molecule has 0 bridgehead atoms. The molecule has 0 rings (SSSR count). The first-order chi connectivity index (χ1) is 3.81. The third-order valence-electron chi connectivity index (χ3n) is 0.497. The van der Waals surface area contributed by atoms with Gasteiger partial charge in [0.2, 0.25) is 0 Å². The van der Waals surface area contributed by atoms with Crippen LogP contribution in [-0.4, -0.2) is 18.0 Å². The minimum Gasteiger partial charge on any atom is -0.334 e. The molecule has 0 saturated heterocycles. The second-order valence-corrected chi connectivity index (χ2v) is 1.78. The summed E-state index contributed by atoms with van der Waals surface area (Å²) < 4.78 is 0. The number of nitriles is 1. The highest BCUT2D eigenvalue weighted by atomic mass is 32.2. The van der Waals surface area contributed by atoms with Crippen molar-refractivity contribution in [1.29, 1.82) is 5.26 Å². The van der Waals surface area contributed by atoms with Crippen molar-refractivity contribution in [2.24, 2.45) is 0 Å². The zero-order valence-corrected chi connectivity index (χ0v) is 5.29. The quantitative estimate of drug-likeness (QED) is 0.528.